The van der Waals surface area contributed by atoms with E-state index >= 15 is 0 Å². The zero-order valence-corrected chi connectivity index (χ0v) is 20.3. The Labute approximate surface area is 208 Å². The van der Waals surface area contributed by atoms with Crippen LogP contribution in [-0.2, 0) is 11.3 Å². The number of hydrogen-bond acceptors (Lipinski definition) is 4. The van der Waals surface area contributed by atoms with Gasteiger partial charge in [-0.15, -0.1) is 0 Å². The quantitative estimate of drug-likeness (QED) is 0.220. The largest absolute Gasteiger partial charge is 0.488 e. The van der Waals surface area contributed by atoms with Gasteiger partial charge in [0.2, 0.25) is 0 Å². The number of anilines is 1. The van der Waals surface area contributed by atoms with Gasteiger partial charge in [0.15, 0.2) is 0 Å². The molecule has 0 bridgehead atoms. The van der Waals surface area contributed by atoms with E-state index in [0.29, 0.717) is 40.5 Å². The van der Waals surface area contributed by atoms with Crippen molar-refractivity contribution in [1.82, 2.24) is 4.57 Å². The molecular formula is C26H20BrF3N2O3. The molecule has 9 heteroatoms. The molecule has 180 valence electrons. The van der Waals surface area contributed by atoms with Gasteiger partial charge in [0.05, 0.1) is 23.9 Å². The van der Waals surface area contributed by atoms with Crippen molar-refractivity contribution in [3.63, 3.8) is 0 Å². The van der Waals surface area contributed by atoms with Crippen LogP contribution in [0.4, 0.5) is 18.9 Å². The number of ether oxygens (including phenoxy) is 2. The van der Waals surface area contributed by atoms with Gasteiger partial charge in [-0.1, -0.05) is 15.9 Å². The van der Waals surface area contributed by atoms with Gasteiger partial charge in [-0.25, -0.2) is 18.0 Å². The van der Waals surface area contributed by atoms with Gasteiger partial charge in [-0.3, -0.25) is 0 Å². The van der Waals surface area contributed by atoms with Crippen molar-refractivity contribution in [3.05, 3.63) is 99.4 Å². The molecular weight excluding hydrogens is 525 g/mol. The summed E-state index contributed by atoms with van der Waals surface area (Å²) < 4.78 is 54.8. The highest BCUT2D eigenvalue weighted by atomic mass is 79.9. The van der Waals surface area contributed by atoms with Crippen LogP contribution in [0.15, 0.2) is 65.1 Å². The number of nitrogens with two attached hydrogens (primary N) is 1. The Kier molecular flexibility index (Phi) is 6.88. The van der Waals surface area contributed by atoms with Gasteiger partial charge in [0.1, 0.15) is 29.8 Å². The number of nitrogen functional groups attached to an aromatic ring is 1. The minimum absolute atomic E-state index is 0.287. The normalized spacial score (nSPS) is 10.9. The Morgan fingerprint density at radius 1 is 1.00 bits per heavy atom. The monoisotopic (exact) mass is 544 g/mol. The molecule has 1 heterocycles. The van der Waals surface area contributed by atoms with Crippen molar-refractivity contribution >= 4 is 27.6 Å². The number of nitrogens with zero attached hydrogens (tertiary/aromatic N) is 1. The van der Waals surface area contributed by atoms with Crippen LogP contribution in [-0.4, -0.2) is 17.6 Å². The average Bonchev–Trinajstić information content (AvgIpc) is 3.19. The molecule has 35 heavy (non-hydrogen) atoms. The Morgan fingerprint density at radius 3 is 2.40 bits per heavy atom. The standard InChI is InChI=1S/C26H20BrF3N2O3/c1-14-3-5-24(32(14)19-8-15(26(33)34-2)7-18(31)12-19)20-9-16(27)4-6-25(20)35-13-21-22(29)10-17(28)11-23(21)30/h3-12H,13,31H2,1-2H3. The van der Waals surface area contributed by atoms with Crippen molar-refractivity contribution in [2.75, 3.05) is 12.8 Å². The maximum Gasteiger partial charge on any atom is 0.337 e. The molecule has 4 aromatic rings. The lowest BCUT2D eigenvalue weighted by molar-refractivity contribution is 0.0600. The molecule has 4 rings (SSSR count). The molecule has 0 radical (unpaired) electrons. The molecule has 0 aliphatic carbocycles. The summed E-state index contributed by atoms with van der Waals surface area (Å²) >= 11 is 3.45. The lowest BCUT2D eigenvalue weighted by Crippen LogP contribution is -2.07. The number of rotatable bonds is 6. The second-order valence-electron chi connectivity index (χ2n) is 7.78. The number of hydrogen-bond donors (Lipinski definition) is 1. The summed E-state index contributed by atoms with van der Waals surface area (Å²) in [5.74, 6) is -3.26. The summed E-state index contributed by atoms with van der Waals surface area (Å²) in [6.45, 7) is 1.43. The second kappa shape index (κ2) is 9.87. The van der Waals surface area contributed by atoms with E-state index < -0.39 is 30.0 Å². The minimum Gasteiger partial charge on any atom is -0.488 e. The molecule has 0 aliphatic heterocycles. The first-order chi connectivity index (χ1) is 16.7. The summed E-state index contributed by atoms with van der Waals surface area (Å²) in [6, 6.07) is 15.0. The van der Waals surface area contributed by atoms with Crippen molar-refractivity contribution < 1.29 is 27.4 Å². The Hall–Kier alpha value is -3.72. The fraction of sp³-hybridized carbons (Fsp3) is 0.115. The van der Waals surface area contributed by atoms with Crippen molar-refractivity contribution in [2.24, 2.45) is 0 Å². The number of esters is 1. The smallest absolute Gasteiger partial charge is 0.337 e. The Morgan fingerprint density at radius 2 is 1.71 bits per heavy atom. The lowest BCUT2D eigenvalue weighted by atomic mass is 10.1. The summed E-state index contributed by atoms with van der Waals surface area (Å²) in [6.07, 6.45) is 0. The number of halogens is 4. The average molecular weight is 545 g/mol. The van der Waals surface area contributed by atoms with Crippen LogP contribution >= 0.6 is 15.9 Å². The summed E-state index contributed by atoms with van der Waals surface area (Å²) in [4.78, 5) is 12.1. The number of aryl methyl sites for hydroxylation is 1. The molecule has 1 aromatic heterocycles. The summed E-state index contributed by atoms with van der Waals surface area (Å²) in [7, 11) is 1.29. The van der Waals surface area contributed by atoms with Gasteiger partial charge in [-0.05, 0) is 55.5 Å². The van der Waals surface area contributed by atoms with Crippen LogP contribution in [0.3, 0.4) is 0 Å². The molecule has 0 saturated carbocycles. The molecule has 0 atom stereocenters. The molecule has 0 spiro atoms. The predicted octanol–water partition coefficient (Wildman–Crippen LogP) is 6.58. The number of aromatic nitrogens is 1. The summed E-state index contributed by atoms with van der Waals surface area (Å²) in [5, 5.41) is 0. The molecule has 0 unspecified atom stereocenters. The van der Waals surface area contributed by atoms with E-state index in [0.717, 1.165) is 10.2 Å². The number of carbonyl (C=O) groups excluding carboxylic acids is 1. The maximum atomic E-state index is 14.1. The third kappa shape index (κ3) is 5.05. The molecule has 0 fully saturated rings. The predicted molar refractivity (Wildman–Crippen MR) is 130 cm³/mol. The van der Waals surface area contributed by atoms with Gasteiger partial charge in [-0.2, -0.15) is 0 Å². The zero-order chi connectivity index (χ0) is 25.3. The number of benzene rings is 3. The van der Waals surface area contributed by atoms with Crippen molar-refractivity contribution in [3.8, 4) is 22.7 Å². The highest BCUT2D eigenvalue weighted by Crippen LogP contribution is 2.37. The van der Waals surface area contributed by atoms with E-state index in [-0.39, 0.29) is 11.1 Å². The van der Waals surface area contributed by atoms with Crippen LogP contribution < -0.4 is 10.5 Å². The van der Waals surface area contributed by atoms with Gasteiger partial charge < -0.3 is 19.8 Å². The van der Waals surface area contributed by atoms with Crippen LogP contribution in [0.5, 0.6) is 5.75 Å². The second-order valence-corrected chi connectivity index (χ2v) is 8.69. The van der Waals surface area contributed by atoms with Crippen LogP contribution in [0.25, 0.3) is 16.9 Å². The molecule has 2 N–H and O–H groups in total. The minimum atomic E-state index is -1.03. The first-order valence-corrected chi connectivity index (χ1v) is 11.2. The molecule has 3 aromatic carbocycles. The first kappa shape index (κ1) is 24.4. The fourth-order valence-electron chi connectivity index (χ4n) is 3.78. The molecule has 0 aliphatic rings. The summed E-state index contributed by atoms with van der Waals surface area (Å²) in [5.41, 5.74) is 9.06. The highest BCUT2D eigenvalue weighted by Gasteiger charge is 2.18. The maximum absolute atomic E-state index is 14.1. The van der Waals surface area contributed by atoms with Gasteiger partial charge >= 0.3 is 5.97 Å². The van der Waals surface area contributed by atoms with E-state index in [1.54, 1.807) is 30.3 Å². The third-order valence-corrected chi connectivity index (χ3v) is 5.88. The molecule has 0 amide bonds. The van der Waals surface area contributed by atoms with E-state index in [1.807, 2.05) is 23.6 Å². The number of carbonyl (C=O) groups is 1. The fourth-order valence-corrected chi connectivity index (χ4v) is 4.14. The topological polar surface area (TPSA) is 66.5 Å². The highest BCUT2D eigenvalue weighted by molar-refractivity contribution is 9.10. The van der Waals surface area contributed by atoms with E-state index in [4.69, 9.17) is 15.2 Å². The van der Waals surface area contributed by atoms with Crippen molar-refractivity contribution in [2.45, 2.75) is 13.5 Å². The van der Waals surface area contributed by atoms with E-state index in [1.165, 1.54) is 13.2 Å². The van der Waals surface area contributed by atoms with E-state index in [9.17, 15) is 18.0 Å². The first-order valence-electron chi connectivity index (χ1n) is 10.4. The molecule has 5 nitrogen and oxygen atoms in total. The van der Waals surface area contributed by atoms with Crippen LogP contribution in [0, 0.1) is 24.4 Å². The van der Waals surface area contributed by atoms with Crippen LogP contribution in [0.2, 0.25) is 0 Å². The number of methoxy groups -OCH3 is 1. The zero-order valence-electron chi connectivity index (χ0n) is 18.7. The SMILES string of the molecule is COC(=O)c1cc(N)cc(-n2c(C)ccc2-c2cc(Br)ccc2OCc2c(F)cc(F)cc2F)c1. The Bertz CT molecular complexity index is 1410. The van der Waals surface area contributed by atoms with Gasteiger partial charge in [0, 0.05) is 39.2 Å². The Balaban J connectivity index is 1.79. The van der Waals surface area contributed by atoms with E-state index in [2.05, 4.69) is 15.9 Å². The van der Waals surface area contributed by atoms with Crippen molar-refractivity contribution in [1.29, 1.82) is 0 Å². The molecule has 0 saturated heterocycles. The van der Waals surface area contributed by atoms with Gasteiger partial charge in [0.25, 0.3) is 0 Å². The lowest BCUT2D eigenvalue weighted by Gasteiger charge is -2.17. The third-order valence-electron chi connectivity index (χ3n) is 5.39. The van der Waals surface area contributed by atoms with Crippen LogP contribution in [0.1, 0.15) is 21.6 Å².